The Hall–Kier alpha value is -6.88. The van der Waals surface area contributed by atoms with E-state index in [1.807, 2.05) is 94.6 Å². The molecule has 0 bridgehead atoms. The zero-order valence-electron chi connectivity index (χ0n) is 53.4. The van der Waals surface area contributed by atoms with Crippen LogP contribution in [0.4, 0.5) is 5.82 Å². The van der Waals surface area contributed by atoms with Crippen LogP contribution in [0.5, 0.6) is 11.5 Å². The molecule has 6 fully saturated rings. The third-order valence-electron chi connectivity index (χ3n) is 20.3. The molecule has 6 N–H and O–H groups in total. The first-order valence-electron chi connectivity index (χ1n) is 33.6. The van der Waals surface area contributed by atoms with Gasteiger partial charge in [-0.1, -0.05) is 61.2 Å². The first-order valence-corrected chi connectivity index (χ1v) is 34.0. The monoisotopic (exact) mass is 1270 g/mol. The quantitative estimate of drug-likeness (QED) is 0.0474. The number of aromatic amines is 1. The number of fused-ring (bicyclic) bond motifs is 1. The Bertz CT molecular complexity index is 3240. The molecule has 21 nitrogen and oxygen atoms in total. The highest BCUT2D eigenvalue weighted by atomic mass is 35.5. The Balaban J connectivity index is 0.592. The molecule has 2 unspecified atom stereocenters. The number of aromatic nitrogens is 3. The Labute approximate surface area is 541 Å². The lowest BCUT2D eigenvalue weighted by atomic mass is 9.82. The van der Waals surface area contributed by atoms with E-state index < -0.39 is 11.6 Å². The van der Waals surface area contributed by atoms with E-state index in [1.165, 1.54) is 0 Å². The predicted octanol–water partition coefficient (Wildman–Crippen LogP) is 6.44. The molecular weight excluding hydrogens is 1170 g/mol. The van der Waals surface area contributed by atoms with Crippen LogP contribution in [-0.2, 0) is 25.7 Å². The zero-order valence-corrected chi connectivity index (χ0v) is 54.2. The van der Waals surface area contributed by atoms with Crippen LogP contribution in [0.1, 0.15) is 123 Å². The molecule has 3 atom stereocenters. The van der Waals surface area contributed by atoms with Crippen molar-refractivity contribution in [1.82, 2.24) is 60.3 Å². The van der Waals surface area contributed by atoms with Crippen LogP contribution >= 0.6 is 11.6 Å². The van der Waals surface area contributed by atoms with Crippen molar-refractivity contribution in [2.24, 2.45) is 17.6 Å². The summed E-state index contributed by atoms with van der Waals surface area (Å²) in [6, 6.07) is 22.4. The van der Waals surface area contributed by atoms with Crippen molar-refractivity contribution in [1.29, 1.82) is 0 Å². The van der Waals surface area contributed by atoms with Crippen LogP contribution in [0, 0.1) is 11.8 Å². The number of hydrogen-bond donors (Lipinski definition) is 5. The number of benzene rings is 3. The second-order valence-electron chi connectivity index (χ2n) is 26.2. The molecule has 6 aliphatic rings. The number of methoxy groups -OCH3 is 1. The largest absolute Gasteiger partial charge is 0.497 e. The number of carbonyl (C=O) groups excluding carboxylic acids is 5. The maximum Gasteiger partial charge on any atom is 0.251 e. The minimum Gasteiger partial charge on any atom is -0.497 e. The summed E-state index contributed by atoms with van der Waals surface area (Å²) in [7, 11) is 1.63. The molecule has 5 aliphatic heterocycles. The van der Waals surface area contributed by atoms with Crippen molar-refractivity contribution in [3.05, 3.63) is 113 Å². The number of likely N-dealkylation sites (tertiary alicyclic amines) is 2. The molecule has 1 aliphatic carbocycles. The van der Waals surface area contributed by atoms with Crippen LogP contribution < -0.4 is 36.1 Å². The van der Waals surface area contributed by atoms with E-state index in [4.69, 9.17) is 26.8 Å². The van der Waals surface area contributed by atoms with Crippen molar-refractivity contribution in [2.45, 2.75) is 114 Å². The summed E-state index contributed by atoms with van der Waals surface area (Å²) >= 11 is 6.31. The molecule has 91 heavy (non-hydrogen) atoms. The highest BCUT2D eigenvalue weighted by molar-refractivity contribution is 6.30. The standard InChI is InChI=1S/C69H95ClN14O7/c1-3-91-60-42-57(90-2)19-16-54(60)43-72-44-61(85)84-27-8-13-55(46-84)52-11-7-12-53(41-52)66(87)77-63(51-9-5-4-6-10-51)67(88)83-29-21-49(22-30-83)45-79-33-35-80(36-34-79)47-62(86)81-39-37-78(38-40-81)28-23-59(50-14-17-56(70)18-15-50)76-68(89)69(71)24-31-82(32-25-69)65-58-20-26-73-64(58)74-48-75-65/h7,11-12,14-20,26,41-42,48-49,51,55,59,63,72H,3-6,8-10,13,21-25,27-40,43-47,71H2,1-2H3,(H,76,89)(H,77,87)(H,73,74,75)/t55?,59?,63-/m1/s1. The number of hydrogen-bond acceptors (Lipinski definition) is 15. The van der Waals surface area contributed by atoms with Crippen molar-refractivity contribution < 1.29 is 33.4 Å². The number of rotatable bonds is 23. The number of nitrogens with two attached hydrogens (primary N) is 1. The van der Waals surface area contributed by atoms with E-state index in [-0.39, 0.29) is 54.0 Å². The molecular formula is C69H95ClN14O7. The third kappa shape index (κ3) is 16.9. The maximum atomic E-state index is 14.6. The van der Waals surface area contributed by atoms with Gasteiger partial charge in [-0.05, 0) is 124 Å². The summed E-state index contributed by atoms with van der Waals surface area (Å²) in [5.41, 5.74) is 10.2. The summed E-state index contributed by atoms with van der Waals surface area (Å²) in [6.07, 6.45) is 13.9. The zero-order chi connectivity index (χ0) is 63.3. The van der Waals surface area contributed by atoms with Gasteiger partial charge in [0, 0.05) is 146 Å². The summed E-state index contributed by atoms with van der Waals surface area (Å²) in [4.78, 5) is 97.6. The molecule has 5 amide bonds. The number of halogens is 1. The van der Waals surface area contributed by atoms with Gasteiger partial charge in [-0.15, -0.1) is 0 Å². The van der Waals surface area contributed by atoms with Gasteiger partial charge >= 0.3 is 0 Å². The molecule has 5 aromatic rings. The van der Waals surface area contributed by atoms with Crippen molar-refractivity contribution in [3.8, 4) is 11.5 Å². The number of nitrogens with one attached hydrogen (secondary N) is 4. The highest BCUT2D eigenvalue weighted by Gasteiger charge is 2.41. The van der Waals surface area contributed by atoms with Crippen LogP contribution in [0.2, 0.25) is 5.02 Å². The number of anilines is 1. The third-order valence-corrected chi connectivity index (χ3v) is 20.5. The van der Waals surface area contributed by atoms with Gasteiger partial charge in [-0.2, -0.15) is 0 Å². The number of nitrogens with zero attached hydrogens (tertiary/aromatic N) is 9. The second kappa shape index (κ2) is 31.2. The van der Waals surface area contributed by atoms with Gasteiger partial charge in [-0.3, -0.25) is 33.8 Å². The van der Waals surface area contributed by atoms with Crippen LogP contribution in [0.15, 0.2) is 85.3 Å². The highest BCUT2D eigenvalue weighted by Crippen LogP contribution is 2.33. The summed E-state index contributed by atoms with van der Waals surface area (Å²) in [5.74, 6) is 2.87. The topological polar surface area (TPSA) is 230 Å². The van der Waals surface area contributed by atoms with E-state index in [2.05, 4.69) is 56.6 Å². The van der Waals surface area contributed by atoms with Gasteiger partial charge in [0.25, 0.3) is 5.91 Å². The Morgan fingerprint density at radius 2 is 1.49 bits per heavy atom. The maximum absolute atomic E-state index is 14.6. The van der Waals surface area contributed by atoms with E-state index >= 15 is 0 Å². The molecule has 2 aromatic heterocycles. The number of amides is 5. The van der Waals surface area contributed by atoms with Crippen molar-refractivity contribution in [3.63, 3.8) is 0 Å². The first-order chi connectivity index (χ1) is 44.3. The Morgan fingerprint density at radius 1 is 0.747 bits per heavy atom. The lowest BCUT2D eigenvalue weighted by molar-refractivity contribution is -0.137. The SMILES string of the molecule is CCOc1cc(OC)ccc1CNCC(=O)N1CCCC(c2cccc(C(=O)N[C@@H](C(=O)N3CCC(CN4CCN(CC(=O)N5CCN(CCC(NC(=O)C6(N)CCN(c7ncnc8[nH]ccc78)CC6)c6ccc(Cl)cc6)CC5)CC4)CC3)C3CCCCC3)c2)C1. The van der Waals surface area contributed by atoms with Gasteiger partial charge in [0.2, 0.25) is 23.6 Å². The number of ether oxygens (including phenoxy) is 2. The predicted molar refractivity (Wildman–Crippen MR) is 353 cm³/mol. The fourth-order valence-corrected chi connectivity index (χ4v) is 14.7. The minimum absolute atomic E-state index is 0.0435. The van der Waals surface area contributed by atoms with Crippen LogP contribution in [0.25, 0.3) is 11.0 Å². The molecule has 22 heteroatoms. The van der Waals surface area contributed by atoms with E-state index in [1.54, 1.807) is 13.4 Å². The molecule has 0 spiro atoms. The average Bonchev–Trinajstić information content (AvgIpc) is 2.18. The van der Waals surface area contributed by atoms with Gasteiger partial charge < -0.3 is 60.6 Å². The van der Waals surface area contributed by atoms with Gasteiger partial charge in [0.1, 0.15) is 35.3 Å². The Kier molecular flexibility index (Phi) is 22.5. The fraction of sp³-hybridized carbons (Fsp3) is 0.580. The van der Waals surface area contributed by atoms with Gasteiger partial charge in [0.15, 0.2) is 0 Å². The lowest BCUT2D eigenvalue weighted by Crippen LogP contribution is -2.60. The van der Waals surface area contributed by atoms with E-state index in [9.17, 15) is 24.0 Å². The van der Waals surface area contributed by atoms with E-state index in [0.29, 0.717) is 108 Å². The molecule has 1 saturated carbocycles. The second-order valence-corrected chi connectivity index (χ2v) is 26.6. The van der Waals surface area contributed by atoms with Crippen molar-refractivity contribution in [2.75, 3.05) is 136 Å². The first kappa shape index (κ1) is 65.6. The summed E-state index contributed by atoms with van der Waals surface area (Å²) < 4.78 is 11.2. The average molecular weight is 1270 g/mol. The Morgan fingerprint density at radius 3 is 2.24 bits per heavy atom. The molecule has 3 aromatic carbocycles. The normalized spacial score (nSPS) is 20.7. The number of piperazine rings is 2. The lowest BCUT2D eigenvalue weighted by Gasteiger charge is -2.41. The smallest absolute Gasteiger partial charge is 0.251 e. The number of carbonyl (C=O) groups is 5. The molecule has 5 saturated heterocycles. The summed E-state index contributed by atoms with van der Waals surface area (Å²) in [6.45, 7) is 15.5. The van der Waals surface area contributed by atoms with Crippen LogP contribution in [-0.4, -0.2) is 217 Å². The minimum atomic E-state index is -1.02. The van der Waals surface area contributed by atoms with Gasteiger partial charge in [-0.25, -0.2) is 9.97 Å². The van der Waals surface area contributed by atoms with Crippen molar-refractivity contribution >= 4 is 58.0 Å². The molecule has 490 valence electrons. The number of piperidine rings is 3. The summed E-state index contributed by atoms with van der Waals surface area (Å²) in [5, 5.41) is 11.5. The molecule has 0 radical (unpaired) electrons. The molecule has 7 heterocycles. The molecule has 11 rings (SSSR count). The fourth-order valence-electron chi connectivity index (χ4n) is 14.6. The number of H-pyrrole nitrogens is 1. The van der Waals surface area contributed by atoms with Crippen LogP contribution in [0.3, 0.4) is 0 Å². The van der Waals surface area contributed by atoms with Gasteiger partial charge in [0.05, 0.1) is 43.8 Å². The van der Waals surface area contributed by atoms with E-state index in [0.717, 1.165) is 155 Å².